The minimum absolute atomic E-state index is 0.834. The van der Waals surface area contributed by atoms with E-state index in [2.05, 4.69) is 63.4 Å². The van der Waals surface area contributed by atoms with Crippen LogP contribution in [0.2, 0.25) is 0 Å². The van der Waals surface area contributed by atoms with Gasteiger partial charge in [-0.05, 0) is 42.9 Å². The third-order valence-corrected chi connectivity index (χ3v) is 5.23. The van der Waals surface area contributed by atoms with Gasteiger partial charge in [-0.3, -0.25) is 5.43 Å². The van der Waals surface area contributed by atoms with Gasteiger partial charge in [-0.1, -0.05) is 60.7 Å². The molecule has 0 spiro atoms. The summed E-state index contributed by atoms with van der Waals surface area (Å²) >= 11 is 1.59. The summed E-state index contributed by atoms with van der Waals surface area (Å²) in [6.07, 6.45) is 6.79. The third kappa shape index (κ3) is 4.09. The summed E-state index contributed by atoms with van der Waals surface area (Å²) < 4.78 is 0. The van der Waals surface area contributed by atoms with Gasteiger partial charge in [-0.25, -0.2) is 4.98 Å². The fourth-order valence-corrected chi connectivity index (χ4v) is 3.79. The van der Waals surface area contributed by atoms with Gasteiger partial charge in [0.1, 0.15) is 0 Å². The largest absolute Gasteiger partial charge is 0.252 e. The molecule has 4 heteroatoms. The second-order valence-corrected chi connectivity index (χ2v) is 7.22. The van der Waals surface area contributed by atoms with Crippen LogP contribution < -0.4 is 5.43 Å². The van der Waals surface area contributed by atoms with Gasteiger partial charge in [0, 0.05) is 10.9 Å². The van der Waals surface area contributed by atoms with E-state index >= 15 is 0 Å². The highest BCUT2D eigenvalue weighted by Crippen LogP contribution is 2.26. The summed E-state index contributed by atoms with van der Waals surface area (Å²) in [6.45, 7) is 0. The molecule has 4 rings (SSSR count). The van der Waals surface area contributed by atoms with Gasteiger partial charge >= 0.3 is 0 Å². The maximum absolute atomic E-state index is 4.68. The predicted molar refractivity (Wildman–Crippen MR) is 111 cm³/mol. The van der Waals surface area contributed by atoms with Gasteiger partial charge in [0.05, 0.1) is 11.4 Å². The first-order chi connectivity index (χ1) is 12.9. The quantitative estimate of drug-likeness (QED) is 0.560. The monoisotopic (exact) mass is 359 g/mol. The first kappa shape index (κ1) is 16.7. The Morgan fingerprint density at radius 2 is 1.65 bits per heavy atom. The van der Waals surface area contributed by atoms with Crippen molar-refractivity contribution in [2.75, 3.05) is 5.43 Å². The molecule has 26 heavy (non-hydrogen) atoms. The number of allylic oxidation sites excluding steroid dienone is 1. The van der Waals surface area contributed by atoms with Crippen LogP contribution in [0.25, 0.3) is 17.3 Å². The minimum atomic E-state index is 0.834. The fraction of sp³-hybridized carbons (Fsp3) is 0.182. The van der Waals surface area contributed by atoms with Crippen LogP contribution in [-0.2, 0) is 0 Å². The summed E-state index contributed by atoms with van der Waals surface area (Å²) in [7, 11) is 0. The van der Waals surface area contributed by atoms with E-state index in [4.69, 9.17) is 0 Å². The standard InChI is InChI=1S/C22H21N3S/c1-3-9-17(10-4-1)15-19-13-7-8-14-20(19)24-25-22-23-21(16-26-22)18-11-5-2-6-12-18/h1-6,9-12,15-16H,7-8,13-14H2,(H,23,25)/b19-15+,24-20+. The summed E-state index contributed by atoms with van der Waals surface area (Å²) in [5, 5.41) is 7.59. The second kappa shape index (κ2) is 8.11. The average Bonchev–Trinajstić information content (AvgIpc) is 3.18. The molecular formula is C22H21N3S. The van der Waals surface area contributed by atoms with Gasteiger partial charge in [-0.15, -0.1) is 11.3 Å². The molecule has 1 aliphatic carbocycles. The van der Waals surface area contributed by atoms with Crippen molar-refractivity contribution < 1.29 is 0 Å². The van der Waals surface area contributed by atoms with E-state index in [-0.39, 0.29) is 0 Å². The number of aromatic nitrogens is 1. The van der Waals surface area contributed by atoms with Crippen LogP contribution in [0, 0.1) is 0 Å². The zero-order valence-electron chi connectivity index (χ0n) is 14.6. The van der Waals surface area contributed by atoms with Gasteiger partial charge in [0.2, 0.25) is 5.13 Å². The van der Waals surface area contributed by atoms with Crippen molar-refractivity contribution in [2.45, 2.75) is 25.7 Å². The molecule has 1 heterocycles. The highest BCUT2D eigenvalue weighted by molar-refractivity contribution is 7.14. The SMILES string of the molecule is C(=C1/CCCC/C1=N\Nc1nc(-c2ccccc2)cs1)/c1ccccc1. The Morgan fingerprint density at radius 3 is 2.46 bits per heavy atom. The predicted octanol–water partition coefficient (Wildman–Crippen LogP) is 6.24. The van der Waals surface area contributed by atoms with Gasteiger partial charge in [0.25, 0.3) is 0 Å². The molecule has 3 nitrogen and oxygen atoms in total. The topological polar surface area (TPSA) is 37.3 Å². The number of hydrazone groups is 1. The van der Waals surface area contributed by atoms with Gasteiger partial charge < -0.3 is 0 Å². The van der Waals surface area contributed by atoms with E-state index in [0.29, 0.717) is 0 Å². The van der Waals surface area contributed by atoms with E-state index < -0.39 is 0 Å². The van der Waals surface area contributed by atoms with Crippen LogP contribution in [0.3, 0.4) is 0 Å². The first-order valence-electron chi connectivity index (χ1n) is 8.98. The molecule has 1 fully saturated rings. The smallest absolute Gasteiger partial charge is 0.203 e. The van der Waals surface area contributed by atoms with E-state index in [1.165, 1.54) is 24.0 Å². The number of hydrogen-bond acceptors (Lipinski definition) is 4. The molecule has 0 amide bonds. The van der Waals surface area contributed by atoms with E-state index in [1.807, 2.05) is 24.3 Å². The number of nitrogens with zero attached hydrogens (tertiary/aromatic N) is 2. The van der Waals surface area contributed by atoms with Gasteiger partial charge in [-0.2, -0.15) is 5.10 Å². The molecule has 0 unspecified atom stereocenters. The Labute approximate surface area is 158 Å². The molecule has 130 valence electrons. The molecule has 0 saturated heterocycles. The van der Waals surface area contributed by atoms with Crippen LogP contribution >= 0.6 is 11.3 Å². The second-order valence-electron chi connectivity index (χ2n) is 6.36. The van der Waals surface area contributed by atoms with Crippen molar-refractivity contribution in [1.29, 1.82) is 0 Å². The van der Waals surface area contributed by atoms with Crippen molar-refractivity contribution in [1.82, 2.24) is 4.98 Å². The van der Waals surface area contributed by atoms with E-state index in [0.717, 1.165) is 34.9 Å². The Hall–Kier alpha value is -2.72. The number of hydrogen-bond donors (Lipinski definition) is 1. The molecule has 3 aromatic rings. The van der Waals surface area contributed by atoms with E-state index in [9.17, 15) is 0 Å². The minimum Gasteiger partial charge on any atom is -0.252 e. The van der Waals surface area contributed by atoms with Crippen LogP contribution in [0.15, 0.2) is 76.7 Å². The zero-order chi connectivity index (χ0) is 17.6. The highest BCUT2D eigenvalue weighted by atomic mass is 32.1. The summed E-state index contributed by atoms with van der Waals surface area (Å²) in [6, 6.07) is 20.7. The molecular weight excluding hydrogens is 338 g/mol. The number of nitrogens with one attached hydrogen (secondary N) is 1. The van der Waals surface area contributed by atoms with Gasteiger partial charge in [0.15, 0.2) is 0 Å². The molecule has 0 radical (unpaired) electrons. The molecule has 1 aliphatic rings. The van der Waals surface area contributed by atoms with E-state index in [1.54, 1.807) is 11.3 Å². The fourth-order valence-electron chi connectivity index (χ4n) is 3.13. The van der Waals surface area contributed by atoms with Crippen LogP contribution in [0.4, 0.5) is 5.13 Å². The molecule has 0 bridgehead atoms. The maximum atomic E-state index is 4.68. The number of benzene rings is 2. The molecule has 1 N–H and O–H groups in total. The van der Waals surface area contributed by atoms with Crippen molar-refractivity contribution in [2.24, 2.45) is 5.10 Å². The number of rotatable bonds is 4. The maximum Gasteiger partial charge on any atom is 0.203 e. The highest BCUT2D eigenvalue weighted by Gasteiger charge is 2.14. The summed E-state index contributed by atoms with van der Waals surface area (Å²) in [5.41, 5.74) is 9.01. The third-order valence-electron chi connectivity index (χ3n) is 4.48. The van der Waals surface area contributed by atoms with Crippen LogP contribution in [0.1, 0.15) is 31.2 Å². The molecule has 1 saturated carbocycles. The number of thiazole rings is 1. The Balaban J connectivity index is 1.52. The normalized spacial score (nSPS) is 17.5. The van der Waals surface area contributed by atoms with Crippen molar-refractivity contribution in [3.63, 3.8) is 0 Å². The first-order valence-corrected chi connectivity index (χ1v) is 9.86. The van der Waals surface area contributed by atoms with Crippen LogP contribution in [-0.4, -0.2) is 10.7 Å². The Bertz CT molecular complexity index is 911. The summed E-state index contributed by atoms with van der Waals surface area (Å²) in [4.78, 5) is 4.65. The molecule has 2 aromatic carbocycles. The lowest BCUT2D eigenvalue weighted by Gasteiger charge is -2.16. The summed E-state index contributed by atoms with van der Waals surface area (Å²) in [5.74, 6) is 0. The van der Waals surface area contributed by atoms with Crippen molar-refractivity contribution in [3.05, 3.63) is 77.2 Å². The molecule has 1 aromatic heterocycles. The lowest BCUT2D eigenvalue weighted by molar-refractivity contribution is 0.734. The average molecular weight is 359 g/mol. The number of anilines is 1. The Morgan fingerprint density at radius 1 is 0.923 bits per heavy atom. The lowest BCUT2D eigenvalue weighted by atomic mass is 9.91. The zero-order valence-corrected chi connectivity index (χ0v) is 15.4. The Kier molecular flexibility index (Phi) is 5.22. The van der Waals surface area contributed by atoms with Crippen LogP contribution in [0.5, 0.6) is 0 Å². The van der Waals surface area contributed by atoms with Crippen molar-refractivity contribution >= 4 is 28.3 Å². The lowest BCUT2D eigenvalue weighted by Crippen LogP contribution is -2.11. The van der Waals surface area contributed by atoms with Crippen molar-refractivity contribution in [3.8, 4) is 11.3 Å². The molecule has 0 aliphatic heterocycles. The molecule has 0 atom stereocenters.